The molecule has 0 heterocycles. The van der Waals surface area contributed by atoms with Gasteiger partial charge in [0.05, 0.1) is 18.8 Å². The van der Waals surface area contributed by atoms with Crippen molar-refractivity contribution >= 4 is 0 Å². The number of rotatable bonds is 7. The molecule has 3 heteroatoms. The van der Waals surface area contributed by atoms with Crippen LogP contribution in [0.25, 0.3) is 0 Å². The van der Waals surface area contributed by atoms with Crippen LogP contribution < -0.4 is 5.32 Å². The maximum Gasteiger partial charge on any atom is 0.0784 e. The van der Waals surface area contributed by atoms with Crippen LogP contribution in [0.4, 0.5) is 0 Å². The summed E-state index contributed by atoms with van der Waals surface area (Å²) in [6, 6.07) is 0.549. The lowest BCUT2D eigenvalue weighted by molar-refractivity contribution is -0.0651. The third kappa shape index (κ3) is 4.81. The fourth-order valence-corrected chi connectivity index (χ4v) is 2.40. The molecule has 3 atom stereocenters. The predicted octanol–water partition coefficient (Wildman–Crippen LogP) is 2.35. The minimum atomic E-state index is 0.207. The Bertz CT molecular complexity index is 175. The van der Waals surface area contributed by atoms with E-state index in [1.807, 2.05) is 0 Å². The van der Waals surface area contributed by atoms with Crippen molar-refractivity contribution in [3.63, 3.8) is 0 Å². The van der Waals surface area contributed by atoms with Gasteiger partial charge in [0.1, 0.15) is 0 Å². The number of hydrogen-bond acceptors (Lipinski definition) is 3. The summed E-state index contributed by atoms with van der Waals surface area (Å²) < 4.78 is 11.2. The van der Waals surface area contributed by atoms with Crippen molar-refractivity contribution in [3.05, 3.63) is 0 Å². The van der Waals surface area contributed by atoms with Gasteiger partial charge in [-0.1, -0.05) is 19.8 Å². The van der Waals surface area contributed by atoms with E-state index >= 15 is 0 Å². The van der Waals surface area contributed by atoms with Gasteiger partial charge in [0, 0.05) is 13.2 Å². The van der Waals surface area contributed by atoms with Gasteiger partial charge in [0.2, 0.25) is 0 Å². The van der Waals surface area contributed by atoms with Gasteiger partial charge in [-0.25, -0.2) is 0 Å². The van der Waals surface area contributed by atoms with Gasteiger partial charge >= 0.3 is 0 Å². The van der Waals surface area contributed by atoms with Crippen molar-refractivity contribution in [1.29, 1.82) is 0 Å². The molecule has 1 fully saturated rings. The minimum absolute atomic E-state index is 0.207. The molecular weight excluding hydrogens is 202 g/mol. The Kier molecular flexibility index (Phi) is 7.01. The molecule has 0 radical (unpaired) electrons. The van der Waals surface area contributed by atoms with Gasteiger partial charge < -0.3 is 14.8 Å². The molecule has 0 saturated heterocycles. The summed E-state index contributed by atoms with van der Waals surface area (Å²) in [5.74, 6) is 0. The van der Waals surface area contributed by atoms with Crippen molar-refractivity contribution < 1.29 is 9.47 Å². The molecule has 1 aliphatic rings. The highest BCUT2D eigenvalue weighted by Gasteiger charge is 2.26. The number of nitrogens with one attached hydrogen (secondary N) is 1. The van der Waals surface area contributed by atoms with E-state index in [1.54, 1.807) is 7.11 Å². The summed E-state index contributed by atoms with van der Waals surface area (Å²) in [5, 5.41) is 3.60. The lowest BCUT2D eigenvalue weighted by atomic mass is 9.92. The normalized spacial score (nSPS) is 27.9. The molecule has 1 saturated carbocycles. The van der Waals surface area contributed by atoms with Gasteiger partial charge in [-0.2, -0.15) is 0 Å². The van der Waals surface area contributed by atoms with Crippen molar-refractivity contribution in [2.75, 3.05) is 20.3 Å². The van der Waals surface area contributed by atoms with E-state index < -0.39 is 0 Å². The van der Waals surface area contributed by atoms with E-state index in [0.29, 0.717) is 18.8 Å². The van der Waals surface area contributed by atoms with E-state index in [-0.39, 0.29) is 6.10 Å². The first-order valence-electron chi connectivity index (χ1n) is 6.65. The van der Waals surface area contributed by atoms with E-state index in [1.165, 1.54) is 32.1 Å². The van der Waals surface area contributed by atoms with Gasteiger partial charge in [-0.05, 0) is 32.7 Å². The average molecular weight is 229 g/mol. The van der Waals surface area contributed by atoms with Crippen LogP contribution in [0.1, 0.15) is 46.0 Å². The summed E-state index contributed by atoms with van der Waals surface area (Å²) in [6.45, 7) is 6.09. The maximum absolute atomic E-state index is 6.05. The number of methoxy groups -OCH3 is 1. The molecule has 0 aliphatic heterocycles. The minimum Gasteiger partial charge on any atom is -0.382 e. The van der Waals surface area contributed by atoms with Crippen LogP contribution in [0.2, 0.25) is 0 Å². The molecule has 0 aromatic carbocycles. The average Bonchev–Trinajstić information content (AvgIpc) is 2.28. The van der Waals surface area contributed by atoms with Crippen molar-refractivity contribution in [2.45, 2.75) is 64.2 Å². The van der Waals surface area contributed by atoms with Crippen molar-refractivity contribution in [2.24, 2.45) is 0 Å². The van der Waals surface area contributed by atoms with E-state index in [2.05, 4.69) is 19.2 Å². The van der Waals surface area contributed by atoms with Gasteiger partial charge in [-0.3, -0.25) is 0 Å². The Morgan fingerprint density at radius 2 is 2.06 bits per heavy atom. The highest BCUT2D eigenvalue weighted by atomic mass is 16.5. The Balaban J connectivity index is 2.33. The fourth-order valence-electron chi connectivity index (χ4n) is 2.40. The fraction of sp³-hybridized carbons (Fsp3) is 1.00. The second kappa shape index (κ2) is 8.04. The van der Waals surface area contributed by atoms with Crippen LogP contribution in [0, 0.1) is 0 Å². The lowest BCUT2D eigenvalue weighted by Gasteiger charge is -2.34. The summed E-state index contributed by atoms with van der Waals surface area (Å²) >= 11 is 0. The summed E-state index contributed by atoms with van der Waals surface area (Å²) in [6.07, 6.45) is 6.86. The summed E-state index contributed by atoms with van der Waals surface area (Å²) in [5.41, 5.74) is 0. The molecule has 1 aliphatic carbocycles. The third-order valence-corrected chi connectivity index (χ3v) is 3.17. The second-order valence-electron chi connectivity index (χ2n) is 4.79. The zero-order chi connectivity index (χ0) is 11.8. The first-order chi connectivity index (χ1) is 7.77. The van der Waals surface area contributed by atoms with E-state index in [0.717, 1.165) is 6.54 Å². The summed E-state index contributed by atoms with van der Waals surface area (Å²) in [7, 11) is 1.73. The molecule has 96 valence electrons. The highest BCUT2D eigenvalue weighted by molar-refractivity contribution is 4.82. The van der Waals surface area contributed by atoms with Crippen LogP contribution in [-0.2, 0) is 9.47 Å². The number of ether oxygens (including phenoxy) is 2. The summed E-state index contributed by atoms with van der Waals surface area (Å²) in [4.78, 5) is 0. The molecule has 0 amide bonds. The van der Waals surface area contributed by atoms with Crippen LogP contribution >= 0.6 is 0 Å². The van der Waals surface area contributed by atoms with Crippen LogP contribution in [0.15, 0.2) is 0 Å². The van der Waals surface area contributed by atoms with Gasteiger partial charge in [-0.15, -0.1) is 0 Å². The monoisotopic (exact) mass is 229 g/mol. The maximum atomic E-state index is 6.05. The Morgan fingerprint density at radius 3 is 2.75 bits per heavy atom. The standard InChI is InChI=1S/C13H27NO2/c1-4-9-14-12-7-5-6-8-13(12)16-11(2)10-15-3/h11-14H,4-10H2,1-3H3. The van der Waals surface area contributed by atoms with Crippen LogP contribution in [-0.4, -0.2) is 38.5 Å². The second-order valence-corrected chi connectivity index (χ2v) is 4.79. The topological polar surface area (TPSA) is 30.5 Å². The van der Waals surface area contributed by atoms with Gasteiger partial charge in [0.15, 0.2) is 0 Å². The lowest BCUT2D eigenvalue weighted by Crippen LogP contribution is -2.45. The van der Waals surface area contributed by atoms with Crippen molar-refractivity contribution in [1.82, 2.24) is 5.32 Å². The number of hydrogen-bond donors (Lipinski definition) is 1. The predicted molar refractivity (Wildman–Crippen MR) is 66.8 cm³/mol. The molecule has 0 aromatic heterocycles. The van der Waals surface area contributed by atoms with Crippen molar-refractivity contribution in [3.8, 4) is 0 Å². The molecule has 16 heavy (non-hydrogen) atoms. The van der Waals surface area contributed by atoms with E-state index in [4.69, 9.17) is 9.47 Å². The first-order valence-corrected chi connectivity index (χ1v) is 6.65. The molecule has 0 spiro atoms. The quantitative estimate of drug-likeness (QED) is 0.727. The molecule has 0 bridgehead atoms. The van der Waals surface area contributed by atoms with Crippen LogP contribution in [0.3, 0.4) is 0 Å². The zero-order valence-corrected chi connectivity index (χ0v) is 11.0. The third-order valence-electron chi connectivity index (χ3n) is 3.17. The Morgan fingerprint density at radius 1 is 1.31 bits per heavy atom. The molecule has 1 rings (SSSR count). The van der Waals surface area contributed by atoms with Crippen LogP contribution in [0.5, 0.6) is 0 Å². The van der Waals surface area contributed by atoms with E-state index in [9.17, 15) is 0 Å². The zero-order valence-electron chi connectivity index (χ0n) is 11.0. The SMILES string of the molecule is CCCNC1CCCCC1OC(C)COC. The molecule has 0 aromatic rings. The largest absolute Gasteiger partial charge is 0.382 e. The molecule has 1 N–H and O–H groups in total. The molecular formula is C13H27NO2. The molecule has 3 nitrogen and oxygen atoms in total. The smallest absolute Gasteiger partial charge is 0.0784 e. The highest BCUT2D eigenvalue weighted by Crippen LogP contribution is 2.22. The molecule has 3 unspecified atom stereocenters. The Labute approximate surface area is 99.9 Å². The first kappa shape index (κ1) is 13.9. The Hall–Kier alpha value is -0.120. The van der Waals surface area contributed by atoms with Gasteiger partial charge in [0.25, 0.3) is 0 Å².